The van der Waals surface area contributed by atoms with E-state index >= 15 is 0 Å². The van der Waals surface area contributed by atoms with E-state index in [0.29, 0.717) is 5.56 Å². The second-order valence-electron chi connectivity index (χ2n) is 5.47. The molecule has 6 heteroatoms. The molecule has 0 aliphatic carbocycles. The number of hydrogen-bond donors (Lipinski definition) is 1. The number of nitrogens with one attached hydrogen (secondary N) is 1. The molecular weight excluding hydrogens is 280 g/mol. The number of carbonyl (C=O) groups is 1. The lowest BCUT2D eigenvalue weighted by Crippen LogP contribution is -2.32. The molecule has 3 rings (SSSR count). The zero-order valence-corrected chi connectivity index (χ0v) is 13.1. The summed E-state index contributed by atoms with van der Waals surface area (Å²) in [4.78, 5) is 18.7. The second-order valence-corrected chi connectivity index (χ2v) is 5.47. The summed E-state index contributed by atoms with van der Waals surface area (Å²) >= 11 is 0. The number of hydrogen-bond acceptors (Lipinski definition) is 5. The molecule has 1 aliphatic rings. The number of imidazole rings is 1. The number of aromatic nitrogens is 2. The number of anilines is 2. The third-order valence-electron chi connectivity index (χ3n) is 4.11. The Labute approximate surface area is 129 Å². The van der Waals surface area contributed by atoms with E-state index in [4.69, 9.17) is 4.74 Å². The van der Waals surface area contributed by atoms with Crippen molar-refractivity contribution in [1.82, 2.24) is 9.55 Å². The molecule has 0 saturated heterocycles. The molecule has 1 unspecified atom stereocenters. The average Bonchev–Trinajstić information content (AvgIpc) is 2.90. The van der Waals surface area contributed by atoms with E-state index in [1.807, 2.05) is 26.2 Å². The standard InChI is InChI=1S/C16H20N4O2/c1-5-6-11-9-19(3)13-8-10(15(21)22-4)7-12-14(13)20(11)16(17-2)18-12/h5,7-8,11H,1,6,9H2,2-4H3,(H,17,18). The van der Waals surface area contributed by atoms with Crippen LogP contribution in [-0.2, 0) is 4.74 Å². The van der Waals surface area contributed by atoms with Crippen LogP contribution in [0.2, 0.25) is 0 Å². The van der Waals surface area contributed by atoms with Crippen molar-refractivity contribution in [2.75, 3.05) is 38.0 Å². The fraction of sp³-hybridized carbons (Fsp3) is 0.375. The van der Waals surface area contributed by atoms with Gasteiger partial charge in [0.05, 0.1) is 35.4 Å². The van der Waals surface area contributed by atoms with Crippen LogP contribution in [-0.4, -0.2) is 43.3 Å². The number of benzene rings is 1. The van der Waals surface area contributed by atoms with Crippen LogP contribution in [0.3, 0.4) is 0 Å². The van der Waals surface area contributed by atoms with Gasteiger partial charge in [0.25, 0.3) is 0 Å². The molecule has 0 amide bonds. The highest BCUT2D eigenvalue weighted by atomic mass is 16.5. The summed E-state index contributed by atoms with van der Waals surface area (Å²) in [6.07, 6.45) is 2.79. The first-order chi connectivity index (χ1) is 10.6. The quantitative estimate of drug-likeness (QED) is 0.694. The Kier molecular flexibility index (Phi) is 3.52. The van der Waals surface area contributed by atoms with Gasteiger partial charge in [0.1, 0.15) is 0 Å². The molecule has 1 aromatic heterocycles. The smallest absolute Gasteiger partial charge is 0.338 e. The molecule has 1 aliphatic heterocycles. The molecule has 116 valence electrons. The summed E-state index contributed by atoms with van der Waals surface area (Å²) < 4.78 is 7.04. The predicted octanol–water partition coefficient (Wildman–Crippen LogP) is 2.43. The number of carbonyl (C=O) groups excluding carboxylic acids is 1. The summed E-state index contributed by atoms with van der Waals surface area (Å²) in [5, 5.41) is 3.15. The van der Waals surface area contributed by atoms with E-state index < -0.39 is 0 Å². The Hall–Kier alpha value is -2.50. The molecule has 0 saturated carbocycles. The lowest BCUT2D eigenvalue weighted by molar-refractivity contribution is 0.0601. The van der Waals surface area contributed by atoms with Gasteiger partial charge in [0.15, 0.2) is 0 Å². The number of likely N-dealkylation sites (N-methyl/N-ethyl adjacent to an activating group) is 1. The Bertz CT molecular complexity index is 750. The highest BCUT2D eigenvalue weighted by Crippen LogP contribution is 2.38. The van der Waals surface area contributed by atoms with Crippen molar-refractivity contribution < 1.29 is 9.53 Å². The molecule has 22 heavy (non-hydrogen) atoms. The van der Waals surface area contributed by atoms with Crippen molar-refractivity contribution in [2.24, 2.45) is 0 Å². The molecule has 1 aromatic carbocycles. The van der Waals surface area contributed by atoms with Crippen molar-refractivity contribution in [3.8, 4) is 0 Å². The predicted molar refractivity (Wildman–Crippen MR) is 87.7 cm³/mol. The van der Waals surface area contributed by atoms with Crippen molar-refractivity contribution in [3.63, 3.8) is 0 Å². The van der Waals surface area contributed by atoms with Gasteiger partial charge in [-0.1, -0.05) is 6.08 Å². The van der Waals surface area contributed by atoms with Crippen molar-refractivity contribution in [3.05, 3.63) is 30.4 Å². The molecule has 6 nitrogen and oxygen atoms in total. The van der Waals surface area contributed by atoms with Crippen LogP contribution >= 0.6 is 0 Å². The van der Waals surface area contributed by atoms with Crippen LogP contribution in [0, 0.1) is 0 Å². The number of methoxy groups -OCH3 is 1. The van der Waals surface area contributed by atoms with Crippen molar-refractivity contribution in [1.29, 1.82) is 0 Å². The number of rotatable bonds is 4. The normalized spacial score (nSPS) is 16.7. The van der Waals surface area contributed by atoms with E-state index in [9.17, 15) is 4.79 Å². The van der Waals surface area contributed by atoms with Crippen LogP contribution in [0.4, 0.5) is 11.6 Å². The van der Waals surface area contributed by atoms with E-state index in [2.05, 4.69) is 26.3 Å². The Morgan fingerprint density at radius 3 is 3.00 bits per heavy atom. The topological polar surface area (TPSA) is 59.4 Å². The minimum absolute atomic E-state index is 0.270. The third kappa shape index (κ3) is 2.03. The van der Waals surface area contributed by atoms with Gasteiger partial charge < -0.3 is 19.5 Å². The summed E-state index contributed by atoms with van der Waals surface area (Å²) in [5.41, 5.74) is 3.35. The first-order valence-corrected chi connectivity index (χ1v) is 7.24. The Morgan fingerprint density at radius 2 is 2.36 bits per heavy atom. The van der Waals surface area contributed by atoms with E-state index in [1.165, 1.54) is 7.11 Å². The van der Waals surface area contributed by atoms with Crippen LogP contribution < -0.4 is 10.2 Å². The summed E-state index contributed by atoms with van der Waals surface area (Å²) in [5.74, 6) is 0.457. The Balaban J connectivity index is 2.29. The first kappa shape index (κ1) is 14.4. The number of ether oxygens (including phenoxy) is 1. The second kappa shape index (κ2) is 5.36. The fourth-order valence-corrected chi connectivity index (χ4v) is 3.14. The van der Waals surface area contributed by atoms with Crippen molar-refractivity contribution >= 4 is 28.6 Å². The van der Waals surface area contributed by atoms with Gasteiger partial charge in [-0.15, -0.1) is 6.58 Å². The van der Waals surface area contributed by atoms with Gasteiger partial charge in [0.2, 0.25) is 5.95 Å². The number of nitrogens with zero attached hydrogens (tertiary/aromatic N) is 3. The minimum atomic E-state index is -0.347. The zero-order chi connectivity index (χ0) is 15.9. The average molecular weight is 300 g/mol. The molecule has 0 radical (unpaired) electrons. The molecule has 2 heterocycles. The number of esters is 1. The van der Waals surface area contributed by atoms with Gasteiger partial charge in [-0.05, 0) is 18.6 Å². The lowest BCUT2D eigenvalue weighted by Gasteiger charge is -2.33. The maximum atomic E-state index is 11.9. The van der Waals surface area contributed by atoms with Crippen LogP contribution in [0.5, 0.6) is 0 Å². The molecule has 0 bridgehead atoms. The molecular formula is C16H20N4O2. The van der Waals surface area contributed by atoms with Gasteiger partial charge in [-0.3, -0.25) is 0 Å². The monoisotopic (exact) mass is 300 g/mol. The van der Waals surface area contributed by atoms with Gasteiger partial charge in [-0.25, -0.2) is 9.78 Å². The molecule has 0 spiro atoms. The van der Waals surface area contributed by atoms with Crippen molar-refractivity contribution in [2.45, 2.75) is 12.5 Å². The molecule has 1 N–H and O–H groups in total. The first-order valence-electron chi connectivity index (χ1n) is 7.24. The van der Waals surface area contributed by atoms with Gasteiger partial charge in [0, 0.05) is 20.6 Å². The fourth-order valence-electron chi connectivity index (χ4n) is 3.14. The lowest BCUT2D eigenvalue weighted by atomic mass is 10.1. The largest absolute Gasteiger partial charge is 0.465 e. The van der Waals surface area contributed by atoms with E-state index in [0.717, 1.165) is 35.6 Å². The third-order valence-corrected chi connectivity index (χ3v) is 4.11. The van der Waals surface area contributed by atoms with Crippen LogP contribution in [0.25, 0.3) is 11.0 Å². The highest BCUT2D eigenvalue weighted by molar-refractivity contribution is 6.00. The van der Waals surface area contributed by atoms with E-state index in [-0.39, 0.29) is 12.0 Å². The highest BCUT2D eigenvalue weighted by Gasteiger charge is 2.28. The number of allylic oxidation sites excluding steroid dienone is 1. The minimum Gasteiger partial charge on any atom is -0.465 e. The van der Waals surface area contributed by atoms with Crippen LogP contribution in [0.1, 0.15) is 22.8 Å². The van der Waals surface area contributed by atoms with Crippen LogP contribution in [0.15, 0.2) is 24.8 Å². The van der Waals surface area contributed by atoms with E-state index in [1.54, 1.807) is 6.07 Å². The molecule has 0 fully saturated rings. The van der Waals surface area contributed by atoms with Gasteiger partial charge >= 0.3 is 5.97 Å². The maximum Gasteiger partial charge on any atom is 0.338 e. The SMILES string of the molecule is C=CCC1CN(C)c2cc(C(=O)OC)cc3nc(NC)n1c23. The molecule has 1 atom stereocenters. The summed E-state index contributed by atoms with van der Waals surface area (Å²) in [6, 6.07) is 3.92. The van der Waals surface area contributed by atoms with Gasteiger partial charge in [-0.2, -0.15) is 0 Å². The summed E-state index contributed by atoms with van der Waals surface area (Å²) in [7, 11) is 5.27. The summed E-state index contributed by atoms with van der Waals surface area (Å²) in [6.45, 7) is 4.69. The zero-order valence-electron chi connectivity index (χ0n) is 13.1. The molecule has 2 aromatic rings. The maximum absolute atomic E-state index is 11.9. The Morgan fingerprint density at radius 1 is 1.59 bits per heavy atom.